The minimum atomic E-state index is -0.429. The van der Waals surface area contributed by atoms with E-state index < -0.39 is 5.97 Å². The number of aromatic nitrogens is 3. The van der Waals surface area contributed by atoms with Gasteiger partial charge in [-0.3, -0.25) is 14.2 Å². The minimum Gasteiger partial charge on any atom is -0.497 e. The van der Waals surface area contributed by atoms with E-state index in [-0.39, 0.29) is 30.7 Å². The molecule has 0 aliphatic heterocycles. The van der Waals surface area contributed by atoms with Crippen LogP contribution in [-0.4, -0.2) is 66.2 Å². The van der Waals surface area contributed by atoms with Crippen molar-refractivity contribution in [2.75, 3.05) is 39.0 Å². The summed E-state index contributed by atoms with van der Waals surface area (Å²) in [6.45, 7) is 2.04. The molecular weight excluding hydrogens is 574 g/mol. The molecule has 0 saturated heterocycles. The number of anilines is 1. The number of esters is 1. The number of nitrogens with one attached hydrogen (secondary N) is 2. The van der Waals surface area contributed by atoms with Crippen LogP contribution in [0.2, 0.25) is 0 Å². The number of amides is 2. The van der Waals surface area contributed by atoms with Crippen LogP contribution in [-0.2, 0) is 16.1 Å². The predicted octanol–water partition coefficient (Wildman–Crippen LogP) is 4.13. The number of hydrogen-bond acceptors (Lipinski definition) is 10. The Morgan fingerprint density at radius 3 is 2.21 bits per heavy atom. The number of hydrogen-bond donors (Lipinski definition) is 2. The van der Waals surface area contributed by atoms with E-state index in [1.807, 2.05) is 18.2 Å². The highest BCUT2D eigenvalue weighted by molar-refractivity contribution is 7.99. The Bertz CT molecular complexity index is 1570. The van der Waals surface area contributed by atoms with Crippen molar-refractivity contribution < 1.29 is 33.3 Å². The molecule has 13 heteroatoms. The summed E-state index contributed by atoms with van der Waals surface area (Å²) < 4.78 is 22.8. The number of thioether (sulfide) groups is 1. The van der Waals surface area contributed by atoms with Crippen molar-refractivity contribution >= 4 is 35.2 Å². The van der Waals surface area contributed by atoms with Gasteiger partial charge in [-0.05, 0) is 55.5 Å². The highest BCUT2D eigenvalue weighted by atomic mass is 32.2. The summed E-state index contributed by atoms with van der Waals surface area (Å²) in [6, 6.07) is 18.6. The third-order valence-electron chi connectivity index (χ3n) is 6.06. The number of ether oxygens (including phenoxy) is 4. The van der Waals surface area contributed by atoms with Gasteiger partial charge in [-0.25, -0.2) is 4.79 Å². The van der Waals surface area contributed by atoms with Gasteiger partial charge in [0, 0.05) is 17.3 Å². The Hall–Kier alpha value is -5.04. The van der Waals surface area contributed by atoms with E-state index in [4.69, 9.17) is 18.9 Å². The largest absolute Gasteiger partial charge is 0.497 e. The van der Waals surface area contributed by atoms with Crippen molar-refractivity contribution in [1.29, 1.82) is 0 Å². The van der Waals surface area contributed by atoms with Gasteiger partial charge < -0.3 is 29.6 Å². The molecule has 0 bridgehead atoms. The summed E-state index contributed by atoms with van der Waals surface area (Å²) in [7, 11) is 4.56. The Balaban J connectivity index is 1.50. The zero-order valence-corrected chi connectivity index (χ0v) is 24.9. The van der Waals surface area contributed by atoms with Crippen molar-refractivity contribution in [3.8, 4) is 22.9 Å². The lowest BCUT2D eigenvalue weighted by Crippen LogP contribution is -2.25. The number of methoxy groups -OCH3 is 3. The van der Waals surface area contributed by atoms with Crippen LogP contribution >= 0.6 is 11.8 Å². The third kappa shape index (κ3) is 7.83. The number of rotatable bonds is 13. The van der Waals surface area contributed by atoms with Crippen molar-refractivity contribution in [2.24, 2.45) is 0 Å². The van der Waals surface area contributed by atoms with Gasteiger partial charge in [0.1, 0.15) is 17.2 Å². The van der Waals surface area contributed by atoms with Gasteiger partial charge in [0.2, 0.25) is 5.91 Å². The van der Waals surface area contributed by atoms with Gasteiger partial charge in [-0.15, -0.1) is 10.2 Å². The van der Waals surface area contributed by atoms with Crippen molar-refractivity contribution in [3.63, 3.8) is 0 Å². The highest BCUT2D eigenvalue weighted by Gasteiger charge is 2.20. The van der Waals surface area contributed by atoms with Crippen LogP contribution in [0, 0.1) is 0 Å². The van der Waals surface area contributed by atoms with E-state index in [0.29, 0.717) is 50.7 Å². The molecule has 43 heavy (non-hydrogen) atoms. The Morgan fingerprint density at radius 1 is 0.860 bits per heavy atom. The fourth-order valence-electron chi connectivity index (χ4n) is 4.00. The van der Waals surface area contributed by atoms with Gasteiger partial charge in [0.25, 0.3) is 5.91 Å². The molecule has 1 heterocycles. The van der Waals surface area contributed by atoms with E-state index in [1.165, 1.54) is 26.0 Å². The van der Waals surface area contributed by atoms with Crippen LogP contribution in [0.3, 0.4) is 0 Å². The fourth-order valence-corrected chi connectivity index (χ4v) is 4.76. The maximum absolute atomic E-state index is 13.0. The summed E-state index contributed by atoms with van der Waals surface area (Å²) in [5, 5.41) is 14.7. The van der Waals surface area contributed by atoms with Crippen LogP contribution in [0.5, 0.6) is 17.2 Å². The maximum atomic E-state index is 13.0. The standard InChI is InChI=1S/C30H31N5O7S/c1-5-42-29(38)19-10-12-21(13-11-19)32-27(36)18-43-30-34-33-26(35(30)24-8-6-7-9-25(24)41-4)17-31-28(37)20-14-22(39-2)16-23(15-20)40-3/h6-16H,5,17-18H2,1-4H3,(H,31,37)(H,32,36). The highest BCUT2D eigenvalue weighted by Crippen LogP contribution is 2.29. The SMILES string of the molecule is CCOC(=O)c1ccc(NC(=O)CSc2nnc(CNC(=O)c3cc(OC)cc(OC)c3)n2-c2ccccc2OC)cc1. The van der Waals surface area contributed by atoms with Gasteiger partial charge in [-0.2, -0.15) is 0 Å². The van der Waals surface area contributed by atoms with Crippen molar-refractivity contribution in [2.45, 2.75) is 18.6 Å². The summed E-state index contributed by atoms with van der Waals surface area (Å²) >= 11 is 1.17. The Morgan fingerprint density at radius 2 is 1.56 bits per heavy atom. The second-order valence-corrected chi connectivity index (χ2v) is 9.77. The lowest BCUT2D eigenvalue weighted by Gasteiger charge is -2.14. The first-order chi connectivity index (χ1) is 20.9. The molecule has 0 fully saturated rings. The topological polar surface area (TPSA) is 143 Å². The number of nitrogens with zero attached hydrogens (tertiary/aromatic N) is 3. The summed E-state index contributed by atoms with van der Waals surface area (Å²) in [5.41, 5.74) is 1.91. The first kappa shape index (κ1) is 30.9. The van der Waals surface area contributed by atoms with Crippen LogP contribution in [0.25, 0.3) is 5.69 Å². The molecule has 2 N–H and O–H groups in total. The summed E-state index contributed by atoms with van der Waals surface area (Å²) in [5.74, 6) is 0.872. The number of carbonyl (C=O) groups is 3. The second kappa shape index (κ2) is 14.7. The third-order valence-corrected chi connectivity index (χ3v) is 6.99. The normalized spacial score (nSPS) is 10.5. The summed E-state index contributed by atoms with van der Waals surface area (Å²) in [6.07, 6.45) is 0. The van der Waals surface area contributed by atoms with Crippen molar-refractivity contribution in [3.05, 3.63) is 83.7 Å². The molecule has 12 nitrogen and oxygen atoms in total. The molecule has 0 spiro atoms. The predicted molar refractivity (Wildman–Crippen MR) is 160 cm³/mol. The average molecular weight is 606 g/mol. The molecule has 0 unspecified atom stereocenters. The lowest BCUT2D eigenvalue weighted by molar-refractivity contribution is -0.113. The molecule has 1 aromatic heterocycles. The quantitative estimate of drug-likeness (QED) is 0.169. The molecule has 4 aromatic rings. The van der Waals surface area contributed by atoms with E-state index >= 15 is 0 Å². The first-order valence-electron chi connectivity index (χ1n) is 13.2. The van der Waals surface area contributed by atoms with Gasteiger partial charge >= 0.3 is 5.97 Å². The van der Waals surface area contributed by atoms with Crippen LogP contribution in [0.15, 0.2) is 71.9 Å². The van der Waals surface area contributed by atoms with Gasteiger partial charge in [-0.1, -0.05) is 23.9 Å². The van der Waals surface area contributed by atoms with Crippen LogP contribution in [0.4, 0.5) is 5.69 Å². The van der Waals surface area contributed by atoms with E-state index in [2.05, 4.69) is 20.8 Å². The monoisotopic (exact) mass is 605 g/mol. The fraction of sp³-hybridized carbons (Fsp3) is 0.233. The van der Waals surface area contributed by atoms with E-state index in [1.54, 1.807) is 67.1 Å². The first-order valence-corrected chi connectivity index (χ1v) is 14.1. The molecule has 3 aromatic carbocycles. The minimum absolute atomic E-state index is 0.0167. The van der Waals surface area contributed by atoms with Gasteiger partial charge in [0.05, 0.1) is 51.5 Å². The zero-order chi connectivity index (χ0) is 30.8. The number of carbonyl (C=O) groups excluding carboxylic acids is 3. The Kier molecular flexibility index (Phi) is 10.6. The average Bonchev–Trinajstić information content (AvgIpc) is 3.45. The van der Waals surface area contributed by atoms with Gasteiger partial charge in [0.15, 0.2) is 11.0 Å². The smallest absolute Gasteiger partial charge is 0.338 e. The molecular formula is C30H31N5O7S. The summed E-state index contributed by atoms with van der Waals surface area (Å²) in [4.78, 5) is 37.7. The maximum Gasteiger partial charge on any atom is 0.338 e. The van der Waals surface area contributed by atoms with Crippen molar-refractivity contribution in [1.82, 2.24) is 20.1 Å². The molecule has 0 radical (unpaired) electrons. The Labute approximate surface area is 252 Å². The van der Waals surface area contributed by atoms with Crippen LogP contribution in [0.1, 0.15) is 33.5 Å². The molecule has 224 valence electrons. The molecule has 0 aliphatic carbocycles. The molecule has 0 saturated carbocycles. The molecule has 2 amide bonds. The number of para-hydroxylation sites is 2. The lowest BCUT2D eigenvalue weighted by atomic mass is 10.2. The van der Waals surface area contributed by atoms with E-state index in [0.717, 1.165) is 0 Å². The molecule has 0 atom stereocenters. The molecule has 0 aliphatic rings. The second-order valence-electron chi connectivity index (χ2n) is 8.82. The zero-order valence-electron chi connectivity index (χ0n) is 24.1. The molecule has 4 rings (SSSR count). The van der Waals surface area contributed by atoms with Crippen LogP contribution < -0.4 is 24.8 Å². The van der Waals surface area contributed by atoms with E-state index in [9.17, 15) is 14.4 Å². The number of benzene rings is 3.